The van der Waals surface area contributed by atoms with E-state index in [9.17, 15) is 19.1 Å². The van der Waals surface area contributed by atoms with Crippen molar-refractivity contribution in [3.8, 4) is 5.69 Å². The summed E-state index contributed by atoms with van der Waals surface area (Å²) in [5.41, 5.74) is -0.835. The number of hydrogen-bond acceptors (Lipinski definition) is 8. The molecule has 2 amide bonds. The Bertz CT molecular complexity index is 1530. The van der Waals surface area contributed by atoms with Crippen LogP contribution in [0.2, 0.25) is 0 Å². The van der Waals surface area contributed by atoms with Crippen molar-refractivity contribution in [2.75, 3.05) is 24.6 Å². The summed E-state index contributed by atoms with van der Waals surface area (Å²) in [7, 11) is 0. The number of aliphatic hydroxyl groups is 1. The number of urea groups is 1. The van der Waals surface area contributed by atoms with Gasteiger partial charge in [0, 0.05) is 42.4 Å². The lowest BCUT2D eigenvalue weighted by atomic mass is 9.85. The van der Waals surface area contributed by atoms with Crippen LogP contribution in [0, 0.1) is 11.6 Å². The van der Waals surface area contributed by atoms with E-state index in [0.717, 1.165) is 6.07 Å². The summed E-state index contributed by atoms with van der Waals surface area (Å²) >= 11 is 0. The van der Waals surface area contributed by atoms with E-state index in [1.54, 1.807) is 47.0 Å². The van der Waals surface area contributed by atoms with Gasteiger partial charge >= 0.3 is 12.0 Å². The van der Waals surface area contributed by atoms with E-state index in [1.807, 2.05) is 0 Å². The molecule has 5 rings (SSSR count). The van der Waals surface area contributed by atoms with Crippen LogP contribution in [-0.4, -0.2) is 77.7 Å². The molecule has 0 saturated carbocycles. The van der Waals surface area contributed by atoms with E-state index in [1.165, 1.54) is 39.9 Å². The molecule has 13 nitrogen and oxygen atoms in total. The molecular formula is C26H28F2N9O4+. The molecule has 15 heteroatoms. The van der Waals surface area contributed by atoms with E-state index in [4.69, 9.17) is 4.74 Å². The molecule has 2 aromatic carbocycles. The van der Waals surface area contributed by atoms with E-state index < -0.39 is 29.2 Å². The smallest absolute Gasteiger partial charge is 0.324 e. The minimum Gasteiger partial charge on any atom is -0.462 e. The highest BCUT2D eigenvalue weighted by molar-refractivity contribution is 5.94. The maximum atomic E-state index is 15.1. The second-order valence-corrected chi connectivity index (χ2v) is 9.64. The third-order valence-corrected chi connectivity index (χ3v) is 7.06. The molecular weight excluding hydrogens is 540 g/mol. The predicted molar refractivity (Wildman–Crippen MR) is 137 cm³/mol. The van der Waals surface area contributed by atoms with E-state index in [2.05, 4.69) is 20.6 Å². The molecule has 0 radical (unpaired) electrons. The lowest BCUT2D eigenvalue weighted by Gasteiger charge is -2.38. The third kappa shape index (κ3) is 5.75. The van der Waals surface area contributed by atoms with Crippen LogP contribution in [0.1, 0.15) is 19.4 Å². The van der Waals surface area contributed by atoms with Crippen LogP contribution >= 0.6 is 0 Å². The highest BCUT2D eigenvalue weighted by Gasteiger charge is 2.47. The van der Waals surface area contributed by atoms with Crippen molar-refractivity contribution in [2.45, 2.75) is 38.6 Å². The zero-order valence-corrected chi connectivity index (χ0v) is 22.3. The Kier molecular flexibility index (Phi) is 7.70. The summed E-state index contributed by atoms with van der Waals surface area (Å²) in [5, 5.41) is 27.4. The van der Waals surface area contributed by atoms with Gasteiger partial charge < -0.3 is 14.7 Å². The number of nitrogens with zero attached hydrogens (tertiary/aromatic N) is 9. The number of tetrazole rings is 1. The fourth-order valence-electron chi connectivity index (χ4n) is 4.86. The standard InChI is InChI=1S/C26H28F2N9O4/c1-18(35-9-10-36(25(35)39)21-4-6-22(7-5-21)37-15-29-31-32-37)26(40,23-8-3-20(27)13-24(23)28)14-34-17-33(16-30-34)11-12-41-19(2)38/h3-8,13,15-18,40H,9-12,14H2,1-2H3/q+1. The third-order valence-electron chi connectivity index (χ3n) is 7.06. The van der Waals surface area contributed by atoms with Crippen LogP contribution in [0.3, 0.4) is 0 Å². The molecule has 0 aliphatic carbocycles. The van der Waals surface area contributed by atoms with Gasteiger partial charge in [-0.3, -0.25) is 9.69 Å². The largest absolute Gasteiger partial charge is 0.462 e. The fraction of sp³-hybridized carbons (Fsp3) is 0.346. The Morgan fingerprint density at radius 3 is 2.61 bits per heavy atom. The van der Waals surface area contributed by atoms with Crippen LogP contribution in [-0.2, 0) is 28.2 Å². The highest BCUT2D eigenvalue weighted by atomic mass is 19.1. The normalized spacial score (nSPS) is 15.7. The fourth-order valence-corrected chi connectivity index (χ4v) is 4.86. The molecule has 3 heterocycles. The Labute approximate surface area is 233 Å². The molecule has 1 aliphatic rings. The molecule has 41 heavy (non-hydrogen) atoms. The molecule has 1 aliphatic heterocycles. The molecule has 2 unspecified atom stereocenters. The number of esters is 1. The molecule has 0 bridgehead atoms. The van der Waals surface area contributed by atoms with Gasteiger partial charge in [0.2, 0.25) is 6.33 Å². The first-order chi connectivity index (χ1) is 19.7. The molecule has 1 N–H and O–H groups in total. The zero-order chi connectivity index (χ0) is 29.1. The molecule has 0 spiro atoms. The number of halogens is 2. The van der Waals surface area contributed by atoms with E-state index >= 15 is 4.39 Å². The average Bonchev–Trinajstić information content (AvgIpc) is 3.70. The molecule has 1 fully saturated rings. The number of carbonyl (C=O) groups excluding carboxylic acids is 2. The number of aromatic nitrogens is 7. The molecule has 2 aromatic heterocycles. The van der Waals surface area contributed by atoms with Crippen molar-refractivity contribution in [1.82, 2.24) is 34.9 Å². The predicted octanol–water partition coefficient (Wildman–Crippen LogP) is 1.21. The van der Waals surface area contributed by atoms with Crippen LogP contribution in [0.25, 0.3) is 5.69 Å². The van der Waals surface area contributed by atoms with Crippen molar-refractivity contribution in [2.24, 2.45) is 0 Å². The molecule has 1 saturated heterocycles. The maximum absolute atomic E-state index is 15.1. The van der Waals surface area contributed by atoms with Gasteiger partial charge in [0.15, 0.2) is 0 Å². The Morgan fingerprint density at radius 2 is 1.93 bits per heavy atom. The van der Waals surface area contributed by atoms with Crippen molar-refractivity contribution >= 4 is 17.7 Å². The van der Waals surface area contributed by atoms with E-state index in [0.29, 0.717) is 30.5 Å². The monoisotopic (exact) mass is 568 g/mol. The summed E-state index contributed by atoms with van der Waals surface area (Å²) in [6, 6.07) is 8.65. The first-order valence-corrected chi connectivity index (χ1v) is 12.8. The first-order valence-electron chi connectivity index (χ1n) is 12.8. The quantitative estimate of drug-likeness (QED) is 0.223. The zero-order valence-electron chi connectivity index (χ0n) is 22.3. The average molecular weight is 569 g/mol. The lowest BCUT2D eigenvalue weighted by molar-refractivity contribution is -0.698. The number of ether oxygens (including phenoxy) is 1. The van der Waals surface area contributed by atoms with Gasteiger partial charge in [0.05, 0.1) is 11.7 Å². The highest BCUT2D eigenvalue weighted by Crippen LogP contribution is 2.35. The van der Waals surface area contributed by atoms with Gasteiger partial charge in [0.1, 0.15) is 43.3 Å². The van der Waals surface area contributed by atoms with Gasteiger partial charge in [0.25, 0.3) is 6.33 Å². The first kappa shape index (κ1) is 27.8. The Morgan fingerprint density at radius 1 is 1.17 bits per heavy atom. The van der Waals surface area contributed by atoms with Crippen molar-refractivity contribution in [3.05, 3.63) is 78.6 Å². The summed E-state index contributed by atoms with van der Waals surface area (Å²) in [6.45, 7) is 3.68. The van der Waals surface area contributed by atoms with Gasteiger partial charge in [-0.2, -0.15) is 0 Å². The number of carbonyl (C=O) groups is 2. The number of hydrogen-bond donors (Lipinski definition) is 1. The SMILES string of the molecule is CC(=O)OCC[n+]1cnn(CC(O)(c2ccc(F)cc2F)C(C)N2CCN(c3ccc(-n4cnnn4)cc3)C2=O)c1. The minimum absolute atomic E-state index is 0.119. The van der Waals surface area contributed by atoms with E-state index in [-0.39, 0.29) is 31.3 Å². The Hall–Kier alpha value is -4.79. The van der Waals surface area contributed by atoms with Crippen molar-refractivity contribution in [3.63, 3.8) is 0 Å². The molecule has 4 aromatic rings. The van der Waals surface area contributed by atoms with Gasteiger partial charge in [-0.05, 0) is 47.7 Å². The number of rotatable bonds is 10. The summed E-state index contributed by atoms with van der Waals surface area (Å²) < 4.78 is 38.4. The van der Waals surface area contributed by atoms with Gasteiger partial charge in [-0.1, -0.05) is 6.07 Å². The topological polar surface area (TPSA) is 135 Å². The van der Waals surface area contributed by atoms with Crippen molar-refractivity contribution in [1.29, 1.82) is 0 Å². The van der Waals surface area contributed by atoms with Crippen LogP contribution in [0.15, 0.2) is 61.4 Å². The minimum atomic E-state index is -1.99. The summed E-state index contributed by atoms with van der Waals surface area (Å²) in [5.74, 6) is -2.16. The lowest BCUT2D eigenvalue weighted by Crippen LogP contribution is -2.53. The van der Waals surface area contributed by atoms with Crippen LogP contribution < -0.4 is 9.47 Å². The maximum Gasteiger partial charge on any atom is 0.324 e. The van der Waals surface area contributed by atoms with Crippen molar-refractivity contribution < 1.29 is 32.8 Å². The molecule has 2 atom stereocenters. The number of amides is 2. The number of anilines is 1. The Balaban J connectivity index is 1.39. The second-order valence-electron chi connectivity index (χ2n) is 9.64. The second kappa shape index (κ2) is 11.4. The van der Waals surface area contributed by atoms with Crippen LogP contribution in [0.5, 0.6) is 0 Å². The molecule has 214 valence electrons. The van der Waals surface area contributed by atoms with Gasteiger partial charge in [-0.15, -0.1) is 9.78 Å². The summed E-state index contributed by atoms with van der Waals surface area (Å²) in [6.07, 6.45) is 4.49. The summed E-state index contributed by atoms with van der Waals surface area (Å²) in [4.78, 5) is 27.7. The van der Waals surface area contributed by atoms with Gasteiger partial charge in [-0.25, -0.2) is 22.8 Å². The van der Waals surface area contributed by atoms with Crippen LogP contribution in [0.4, 0.5) is 19.3 Å². The number of benzene rings is 2.